The average molecular weight is 380 g/mol. The number of halogens is 2. The number of hydrogen-bond acceptors (Lipinski definition) is 3. The summed E-state index contributed by atoms with van der Waals surface area (Å²) in [5.74, 6) is 2.04. The first-order chi connectivity index (χ1) is 10.7. The molecule has 3 rings (SSSR count). The van der Waals surface area contributed by atoms with Crippen LogP contribution in [-0.4, -0.2) is 61.0 Å². The van der Waals surface area contributed by atoms with Crippen molar-refractivity contribution >= 4 is 30.7 Å². The van der Waals surface area contributed by atoms with E-state index >= 15 is 0 Å². The minimum absolute atomic E-state index is 0. The van der Waals surface area contributed by atoms with Crippen molar-refractivity contribution in [3.05, 3.63) is 0 Å². The number of carbonyl (C=O) groups is 1. The summed E-state index contributed by atoms with van der Waals surface area (Å²) in [5, 5.41) is 3.39. The fourth-order valence-electron chi connectivity index (χ4n) is 4.39. The van der Waals surface area contributed by atoms with Gasteiger partial charge in [-0.1, -0.05) is 6.92 Å². The van der Waals surface area contributed by atoms with Gasteiger partial charge in [-0.25, -0.2) is 0 Å². The van der Waals surface area contributed by atoms with E-state index in [0.29, 0.717) is 5.91 Å². The number of piperazine rings is 1. The van der Waals surface area contributed by atoms with Crippen LogP contribution >= 0.6 is 24.8 Å². The quantitative estimate of drug-likeness (QED) is 0.815. The molecule has 1 saturated carbocycles. The van der Waals surface area contributed by atoms with Crippen molar-refractivity contribution in [1.82, 2.24) is 15.1 Å². The van der Waals surface area contributed by atoms with Gasteiger partial charge < -0.3 is 10.2 Å². The van der Waals surface area contributed by atoms with Gasteiger partial charge in [0.1, 0.15) is 0 Å². The van der Waals surface area contributed by atoms with Crippen LogP contribution in [0, 0.1) is 11.8 Å². The SMILES string of the molecule is CC1CCC(N2CCN(C(=O)CCC3CCNC3)CC2)CC1.Cl.Cl. The van der Waals surface area contributed by atoms with E-state index in [9.17, 15) is 4.79 Å². The Hall–Kier alpha value is -0.0300. The fourth-order valence-corrected chi connectivity index (χ4v) is 4.39. The molecule has 1 unspecified atom stereocenters. The van der Waals surface area contributed by atoms with Gasteiger partial charge in [-0.2, -0.15) is 0 Å². The molecule has 6 heteroatoms. The zero-order chi connectivity index (χ0) is 15.4. The van der Waals surface area contributed by atoms with Gasteiger partial charge in [0.2, 0.25) is 5.91 Å². The smallest absolute Gasteiger partial charge is 0.222 e. The summed E-state index contributed by atoms with van der Waals surface area (Å²) in [6.45, 7) is 8.72. The molecule has 3 aliphatic rings. The third kappa shape index (κ3) is 6.05. The molecule has 142 valence electrons. The first-order valence-electron chi connectivity index (χ1n) is 9.45. The topological polar surface area (TPSA) is 35.6 Å². The molecule has 2 heterocycles. The van der Waals surface area contributed by atoms with Crippen LogP contribution in [-0.2, 0) is 4.79 Å². The van der Waals surface area contributed by atoms with Crippen molar-refractivity contribution in [2.24, 2.45) is 11.8 Å². The minimum Gasteiger partial charge on any atom is -0.340 e. The van der Waals surface area contributed by atoms with Crippen LogP contribution in [0.1, 0.15) is 51.9 Å². The summed E-state index contributed by atoms with van der Waals surface area (Å²) in [7, 11) is 0. The average Bonchev–Trinajstić information content (AvgIpc) is 3.07. The molecule has 0 aromatic rings. The maximum absolute atomic E-state index is 12.4. The molecule has 1 aliphatic carbocycles. The maximum atomic E-state index is 12.4. The lowest BCUT2D eigenvalue weighted by Gasteiger charge is -2.41. The van der Waals surface area contributed by atoms with Crippen LogP contribution in [0.3, 0.4) is 0 Å². The van der Waals surface area contributed by atoms with Gasteiger partial charge in [0.05, 0.1) is 0 Å². The van der Waals surface area contributed by atoms with Crippen molar-refractivity contribution in [1.29, 1.82) is 0 Å². The second-order valence-corrected chi connectivity index (χ2v) is 7.73. The maximum Gasteiger partial charge on any atom is 0.222 e. The molecular weight excluding hydrogens is 345 g/mol. The predicted molar refractivity (Wildman–Crippen MR) is 104 cm³/mol. The summed E-state index contributed by atoms with van der Waals surface area (Å²) in [6.07, 6.45) is 8.59. The van der Waals surface area contributed by atoms with E-state index in [1.807, 2.05) is 0 Å². The number of amides is 1. The Kier molecular flexibility index (Phi) is 9.95. The molecule has 1 N–H and O–H groups in total. The summed E-state index contributed by atoms with van der Waals surface area (Å²) in [5.41, 5.74) is 0. The third-order valence-corrected chi connectivity index (χ3v) is 6.10. The van der Waals surface area contributed by atoms with Crippen LogP contribution in [0.4, 0.5) is 0 Å². The molecule has 3 fully saturated rings. The normalized spacial score (nSPS) is 31.2. The van der Waals surface area contributed by atoms with E-state index in [2.05, 4.69) is 22.0 Å². The summed E-state index contributed by atoms with van der Waals surface area (Å²) in [6, 6.07) is 0.790. The van der Waals surface area contributed by atoms with Crippen molar-refractivity contribution in [3.63, 3.8) is 0 Å². The number of rotatable bonds is 4. The highest BCUT2D eigenvalue weighted by Crippen LogP contribution is 2.27. The van der Waals surface area contributed by atoms with Crippen molar-refractivity contribution < 1.29 is 4.79 Å². The first kappa shape index (κ1) is 22.0. The van der Waals surface area contributed by atoms with Gasteiger partial charge in [-0.05, 0) is 63.5 Å². The largest absolute Gasteiger partial charge is 0.340 e. The Morgan fingerprint density at radius 3 is 2.25 bits per heavy atom. The van der Waals surface area contributed by atoms with E-state index in [1.54, 1.807) is 0 Å². The van der Waals surface area contributed by atoms with Crippen LogP contribution in [0.15, 0.2) is 0 Å². The fraction of sp³-hybridized carbons (Fsp3) is 0.944. The molecule has 24 heavy (non-hydrogen) atoms. The molecule has 0 spiro atoms. The molecule has 1 atom stereocenters. The van der Waals surface area contributed by atoms with Gasteiger partial charge in [-0.15, -0.1) is 24.8 Å². The summed E-state index contributed by atoms with van der Waals surface area (Å²) < 4.78 is 0. The van der Waals surface area contributed by atoms with Crippen molar-refractivity contribution in [2.75, 3.05) is 39.3 Å². The molecular formula is C18H35Cl2N3O. The summed E-state index contributed by atoms with van der Waals surface area (Å²) >= 11 is 0. The standard InChI is InChI=1S/C18H33N3O.2ClH/c1-15-2-5-17(6-3-15)20-10-12-21(13-11-20)18(22)7-4-16-8-9-19-14-16;;/h15-17,19H,2-14H2,1H3;2*1H. The first-order valence-corrected chi connectivity index (χ1v) is 9.45. The van der Waals surface area contributed by atoms with E-state index in [4.69, 9.17) is 0 Å². The molecule has 0 radical (unpaired) electrons. The Morgan fingerprint density at radius 1 is 1.00 bits per heavy atom. The van der Waals surface area contributed by atoms with Crippen LogP contribution < -0.4 is 5.32 Å². The van der Waals surface area contributed by atoms with Crippen LogP contribution in [0.25, 0.3) is 0 Å². The second-order valence-electron chi connectivity index (χ2n) is 7.73. The molecule has 0 aromatic carbocycles. The Balaban J connectivity index is 0.00000144. The highest BCUT2D eigenvalue weighted by molar-refractivity contribution is 5.85. The molecule has 2 aliphatic heterocycles. The number of nitrogens with zero attached hydrogens (tertiary/aromatic N) is 2. The van der Waals surface area contributed by atoms with Gasteiger partial charge in [0, 0.05) is 38.6 Å². The van der Waals surface area contributed by atoms with Crippen LogP contribution in [0.2, 0.25) is 0 Å². The monoisotopic (exact) mass is 379 g/mol. The lowest BCUT2D eigenvalue weighted by atomic mass is 9.86. The highest BCUT2D eigenvalue weighted by Gasteiger charge is 2.28. The molecule has 0 aromatic heterocycles. The number of hydrogen-bond donors (Lipinski definition) is 1. The van der Waals surface area contributed by atoms with E-state index in [-0.39, 0.29) is 24.8 Å². The lowest BCUT2D eigenvalue weighted by molar-refractivity contribution is -0.133. The predicted octanol–water partition coefficient (Wildman–Crippen LogP) is 2.94. The van der Waals surface area contributed by atoms with Gasteiger partial charge in [-0.3, -0.25) is 9.69 Å². The van der Waals surface area contributed by atoms with Gasteiger partial charge in [0.15, 0.2) is 0 Å². The van der Waals surface area contributed by atoms with E-state index < -0.39 is 0 Å². The van der Waals surface area contributed by atoms with Crippen LogP contribution in [0.5, 0.6) is 0 Å². The minimum atomic E-state index is 0. The van der Waals surface area contributed by atoms with Gasteiger partial charge >= 0.3 is 0 Å². The zero-order valence-corrected chi connectivity index (χ0v) is 16.7. The number of carbonyl (C=O) groups excluding carboxylic acids is 1. The molecule has 2 saturated heterocycles. The van der Waals surface area contributed by atoms with E-state index in [0.717, 1.165) is 70.0 Å². The second kappa shape index (κ2) is 10.8. The highest BCUT2D eigenvalue weighted by atomic mass is 35.5. The Labute approximate surface area is 159 Å². The lowest BCUT2D eigenvalue weighted by Crippen LogP contribution is -2.52. The van der Waals surface area contributed by atoms with Crippen molar-refractivity contribution in [3.8, 4) is 0 Å². The van der Waals surface area contributed by atoms with E-state index in [1.165, 1.54) is 32.1 Å². The number of nitrogens with one attached hydrogen (secondary N) is 1. The Morgan fingerprint density at radius 2 is 1.67 bits per heavy atom. The molecule has 0 bridgehead atoms. The zero-order valence-electron chi connectivity index (χ0n) is 15.0. The summed E-state index contributed by atoms with van der Waals surface area (Å²) in [4.78, 5) is 17.1. The molecule has 4 nitrogen and oxygen atoms in total. The van der Waals surface area contributed by atoms with Crippen molar-refractivity contribution in [2.45, 2.75) is 57.9 Å². The molecule has 1 amide bonds. The third-order valence-electron chi connectivity index (χ3n) is 6.10. The Bertz CT molecular complexity index is 361. The van der Waals surface area contributed by atoms with Gasteiger partial charge in [0.25, 0.3) is 0 Å².